The second kappa shape index (κ2) is 9.50. The summed E-state index contributed by atoms with van der Waals surface area (Å²) in [6.07, 6.45) is 2.27. The molecule has 34 heavy (non-hydrogen) atoms. The maximum Gasteiger partial charge on any atom is 0.326 e. The zero-order chi connectivity index (χ0) is 25.2. The number of carboxylic acid groups (broad SMARTS) is 1. The average Bonchev–Trinajstić information content (AvgIpc) is 3.12. The van der Waals surface area contributed by atoms with E-state index in [0.717, 1.165) is 0 Å². The molecule has 0 spiro atoms. The minimum atomic E-state index is -1.09. The smallest absolute Gasteiger partial charge is 0.326 e. The number of nitrogens with one attached hydrogen (secondary N) is 2. The molecule has 1 amide bonds. The number of non-ortho nitro benzene ring substituents is 1. The Morgan fingerprint density at radius 2 is 1.94 bits per heavy atom. The van der Waals surface area contributed by atoms with Gasteiger partial charge in [0.15, 0.2) is 0 Å². The van der Waals surface area contributed by atoms with Crippen molar-refractivity contribution in [1.29, 1.82) is 0 Å². The van der Waals surface area contributed by atoms with Crippen LogP contribution in [0.1, 0.15) is 51.4 Å². The molecule has 0 aliphatic carbocycles. The summed E-state index contributed by atoms with van der Waals surface area (Å²) in [6, 6.07) is 8.34. The summed E-state index contributed by atoms with van der Waals surface area (Å²) in [5.41, 5.74) is 1.36. The molecule has 0 radical (unpaired) electrons. The quantitative estimate of drug-likeness (QED) is 0.331. The minimum absolute atomic E-state index is 0.0545. The second-order valence-corrected chi connectivity index (χ2v) is 9.31. The zero-order valence-electron chi connectivity index (χ0n) is 19.8. The van der Waals surface area contributed by atoms with E-state index in [-0.39, 0.29) is 22.7 Å². The van der Waals surface area contributed by atoms with E-state index in [1.807, 2.05) is 27.7 Å². The van der Waals surface area contributed by atoms with Gasteiger partial charge in [-0.3, -0.25) is 19.3 Å². The second-order valence-electron chi connectivity index (χ2n) is 9.31. The molecule has 2 unspecified atom stereocenters. The predicted molar refractivity (Wildman–Crippen MR) is 129 cm³/mol. The first kappa shape index (κ1) is 24.7. The van der Waals surface area contributed by atoms with Crippen molar-refractivity contribution in [2.45, 2.75) is 52.6 Å². The zero-order valence-corrected chi connectivity index (χ0v) is 19.8. The first-order valence-corrected chi connectivity index (χ1v) is 11.0. The molecule has 0 saturated carbocycles. The van der Waals surface area contributed by atoms with Crippen LogP contribution in [0.2, 0.25) is 0 Å². The number of imidazole rings is 1. The van der Waals surface area contributed by atoms with Crippen molar-refractivity contribution in [3.63, 3.8) is 0 Å². The van der Waals surface area contributed by atoms with Gasteiger partial charge in [0.25, 0.3) is 11.6 Å². The van der Waals surface area contributed by atoms with Gasteiger partial charge in [0.05, 0.1) is 4.92 Å². The van der Waals surface area contributed by atoms with Crippen LogP contribution < -0.4 is 10.6 Å². The van der Waals surface area contributed by atoms with E-state index in [1.165, 1.54) is 12.1 Å². The van der Waals surface area contributed by atoms with Crippen LogP contribution >= 0.6 is 0 Å². The van der Waals surface area contributed by atoms with E-state index in [9.17, 15) is 24.8 Å². The minimum Gasteiger partial charge on any atom is -0.480 e. The molecule has 0 aliphatic heterocycles. The number of nitrogens with zero attached hydrogens (tertiary/aromatic N) is 3. The van der Waals surface area contributed by atoms with Crippen molar-refractivity contribution in [3.8, 4) is 11.3 Å². The monoisotopic (exact) mass is 467 g/mol. The van der Waals surface area contributed by atoms with Crippen molar-refractivity contribution in [1.82, 2.24) is 14.7 Å². The number of fused-ring (bicyclic) bond motifs is 1. The largest absolute Gasteiger partial charge is 0.480 e. The Hall–Kier alpha value is -3.95. The van der Waals surface area contributed by atoms with Gasteiger partial charge in [0.1, 0.15) is 23.2 Å². The molecule has 1 aromatic carbocycles. The molecular formula is C24H29N5O5. The van der Waals surface area contributed by atoms with Gasteiger partial charge in [-0.1, -0.05) is 32.4 Å². The summed E-state index contributed by atoms with van der Waals surface area (Å²) >= 11 is 0. The van der Waals surface area contributed by atoms with Gasteiger partial charge in [0.2, 0.25) is 0 Å². The number of benzene rings is 1. The number of carboxylic acids is 1. The fraction of sp³-hybridized carbons (Fsp3) is 0.375. The Bertz CT molecular complexity index is 1240. The van der Waals surface area contributed by atoms with Crippen LogP contribution in [0.25, 0.3) is 16.9 Å². The first-order chi connectivity index (χ1) is 15.9. The lowest BCUT2D eigenvalue weighted by Gasteiger charge is -2.22. The van der Waals surface area contributed by atoms with Crippen molar-refractivity contribution in [3.05, 3.63) is 58.3 Å². The maximum atomic E-state index is 12.8. The van der Waals surface area contributed by atoms with Crippen LogP contribution in [0.3, 0.4) is 0 Å². The lowest BCUT2D eigenvalue weighted by atomic mass is 9.99. The van der Waals surface area contributed by atoms with E-state index in [2.05, 4.69) is 15.6 Å². The molecule has 10 heteroatoms. The van der Waals surface area contributed by atoms with Crippen LogP contribution in [-0.2, 0) is 4.79 Å². The van der Waals surface area contributed by atoms with Gasteiger partial charge in [0, 0.05) is 35.0 Å². The normalized spacial score (nSPS) is 13.3. The predicted octanol–water partition coefficient (Wildman–Crippen LogP) is 4.35. The van der Waals surface area contributed by atoms with Gasteiger partial charge in [-0.25, -0.2) is 9.78 Å². The van der Waals surface area contributed by atoms with Gasteiger partial charge in [-0.2, -0.15) is 0 Å². The third-order valence-corrected chi connectivity index (χ3v) is 5.48. The van der Waals surface area contributed by atoms with E-state index < -0.39 is 22.8 Å². The third-order valence-electron chi connectivity index (χ3n) is 5.48. The van der Waals surface area contributed by atoms with Gasteiger partial charge < -0.3 is 15.7 Å². The molecule has 180 valence electrons. The molecule has 3 rings (SSSR count). The molecule has 0 bridgehead atoms. The Morgan fingerprint density at radius 3 is 2.53 bits per heavy atom. The van der Waals surface area contributed by atoms with Crippen molar-refractivity contribution >= 4 is 29.0 Å². The summed E-state index contributed by atoms with van der Waals surface area (Å²) in [7, 11) is 0. The number of hydrogen-bond donors (Lipinski definition) is 3. The number of amides is 1. The molecule has 2 heterocycles. The van der Waals surface area contributed by atoms with E-state index >= 15 is 0 Å². The summed E-state index contributed by atoms with van der Waals surface area (Å²) in [6.45, 7) is 9.57. The number of anilines is 1. The SMILES string of the molecule is CCC(C)C(NC(=O)c1ccn2c(NC(C)(C)C)c(-c3cccc([N+](=O)[O-])c3)nc2c1)C(=O)O. The molecule has 0 aliphatic rings. The van der Waals surface area contributed by atoms with Crippen molar-refractivity contribution in [2.75, 3.05) is 5.32 Å². The summed E-state index contributed by atoms with van der Waals surface area (Å²) in [5, 5.41) is 26.7. The first-order valence-electron chi connectivity index (χ1n) is 11.0. The number of aliphatic carboxylic acids is 1. The fourth-order valence-electron chi connectivity index (χ4n) is 3.54. The summed E-state index contributed by atoms with van der Waals surface area (Å²) in [5.74, 6) is -1.22. The number of aromatic nitrogens is 2. The molecule has 10 nitrogen and oxygen atoms in total. The lowest BCUT2D eigenvalue weighted by molar-refractivity contribution is -0.384. The third kappa shape index (κ3) is 5.33. The molecule has 0 saturated heterocycles. The number of rotatable bonds is 8. The van der Waals surface area contributed by atoms with Crippen LogP contribution in [0.15, 0.2) is 42.6 Å². The van der Waals surface area contributed by atoms with Crippen LogP contribution in [0, 0.1) is 16.0 Å². The highest BCUT2D eigenvalue weighted by Crippen LogP contribution is 2.32. The van der Waals surface area contributed by atoms with Gasteiger partial charge >= 0.3 is 5.97 Å². The van der Waals surface area contributed by atoms with Gasteiger partial charge in [-0.05, 0) is 38.8 Å². The Balaban J connectivity index is 2.08. The van der Waals surface area contributed by atoms with Crippen molar-refractivity contribution in [2.24, 2.45) is 5.92 Å². The van der Waals surface area contributed by atoms with Gasteiger partial charge in [-0.15, -0.1) is 0 Å². The number of nitro groups is 1. The number of pyridine rings is 1. The molecular weight excluding hydrogens is 438 g/mol. The molecule has 2 atom stereocenters. The van der Waals surface area contributed by atoms with Crippen molar-refractivity contribution < 1.29 is 19.6 Å². The van der Waals surface area contributed by atoms with Crippen LogP contribution in [-0.4, -0.2) is 42.9 Å². The number of carbonyl (C=O) groups excluding carboxylic acids is 1. The molecule has 2 aromatic heterocycles. The highest BCUT2D eigenvalue weighted by Gasteiger charge is 2.26. The summed E-state index contributed by atoms with van der Waals surface area (Å²) < 4.78 is 1.76. The highest BCUT2D eigenvalue weighted by molar-refractivity contribution is 5.97. The summed E-state index contributed by atoms with van der Waals surface area (Å²) in [4.78, 5) is 39.9. The van der Waals surface area contributed by atoms with Crippen LogP contribution in [0.5, 0.6) is 0 Å². The molecule has 0 fully saturated rings. The van der Waals surface area contributed by atoms with E-state index in [1.54, 1.807) is 41.8 Å². The van der Waals surface area contributed by atoms with E-state index in [0.29, 0.717) is 29.1 Å². The number of hydrogen-bond acceptors (Lipinski definition) is 6. The molecule has 3 N–H and O–H groups in total. The number of nitro benzene ring substituents is 1. The molecule has 3 aromatic rings. The standard InChI is InChI=1S/C24H29N5O5/c1-6-14(2)19(23(31)32)26-22(30)16-10-11-28-18(13-16)25-20(21(28)27-24(3,4)5)15-8-7-9-17(12-15)29(33)34/h7-14,19,27H,6H2,1-5H3,(H,26,30)(H,31,32). The Labute approximate surface area is 197 Å². The van der Waals surface area contributed by atoms with E-state index in [4.69, 9.17) is 0 Å². The van der Waals surface area contributed by atoms with Crippen LogP contribution in [0.4, 0.5) is 11.5 Å². The lowest BCUT2D eigenvalue weighted by Crippen LogP contribution is -2.45. The number of carbonyl (C=O) groups is 2. The maximum absolute atomic E-state index is 12.8. The average molecular weight is 468 g/mol. The highest BCUT2D eigenvalue weighted by atomic mass is 16.6. The fourth-order valence-corrected chi connectivity index (χ4v) is 3.54. The Kier molecular flexibility index (Phi) is 6.90. The Morgan fingerprint density at radius 1 is 1.24 bits per heavy atom. The topological polar surface area (TPSA) is 139 Å².